The molecule has 116 valence electrons. The van der Waals surface area contributed by atoms with Crippen molar-refractivity contribution >= 4 is 11.6 Å². The fraction of sp³-hybridized carbons (Fsp3) is 0.250. The molecule has 2 aliphatic rings. The number of hydrogen-bond donors (Lipinski definition) is 1. The Morgan fingerprint density at radius 2 is 1.87 bits per heavy atom. The molecule has 1 amide bonds. The lowest BCUT2D eigenvalue weighted by molar-refractivity contribution is 0.0509. The van der Waals surface area contributed by atoms with E-state index in [9.17, 15) is 4.79 Å². The van der Waals surface area contributed by atoms with Crippen molar-refractivity contribution in [3.63, 3.8) is 0 Å². The second-order valence-corrected chi connectivity index (χ2v) is 6.35. The minimum atomic E-state index is -0.353. The number of nitrogens with one attached hydrogen (secondary N) is 1. The quantitative estimate of drug-likeness (QED) is 0.859. The van der Waals surface area contributed by atoms with Gasteiger partial charge in [-0.1, -0.05) is 42.5 Å². The Bertz CT molecular complexity index is 783. The number of rotatable bonds is 2. The SMILES string of the molecule is C=CCN1C(=O)c2ccccc2N[C@]12CCc1ccccc1C2. The van der Waals surface area contributed by atoms with E-state index in [0.29, 0.717) is 6.54 Å². The van der Waals surface area contributed by atoms with E-state index in [2.05, 4.69) is 36.2 Å². The standard InChI is InChI=1S/C20H20N2O/c1-2-13-22-19(23)17-9-5-6-10-18(17)21-20(22)12-11-15-7-3-4-8-16(15)14-20/h2-10,21H,1,11-14H2/t20-/m1/s1. The van der Waals surface area contributed by atoms with E-state index < -0.39 is 0 Å². The number of hydrogen-bond acceptors (Lipinski definition) is 2. The smallest absolute Gasteiger partial charge is 0.258 e. The van der Waals surface area contributed by atoms with Gasteiger partial charge in [-0.25, -0.2) is 0 Å². The molecule has 1 aliphatic heterocycles. The van der Waals surface area contributed by atoms with Crippen molar-refractivity contribution in [3.05, 3.63) is 77.9 Å². The first kappa shape index (κ1) is 14.1. The van der Waals surface area contributed by atoms with Crippen LogP contribution < -0.4 is 5.32 Å². The molecular formula is C20H20N2O. The molecule has 0 aromatic heterocycles. The summed E-state index contributed by atoms with van der Waals surface area (Å²) in [5.41, 5.74) is 4.06. The number of carbonyl (C=O) groups is 1. The fourth-order valence-electron chi connectivity index (χ4n) is 3.88. The van der Waals surface area contributed by atoms with Crippen LogP contribution in [0.1, 0.15) is 27.9 Å². The normalized spacial score (nSPS) is 22.3. The zero-order valence-corrected chi connectivity index (χ0v) is 13.1. The van der Waals surface area contributed by atoms with Gasteiger partial charge in [-0.15, -0.1) is 6.58 Å². The molecule has 3 nitrogen and oxygen atoms in total. The summed E-state index contributed by atoms with van der Waals surface area (Å²) in [4.78, 5) is 15.0. The van der Waals surface area contributed by atoms with Gasteiger partial charge in [0.1, 0.15) is 5.66 Å². The van der Waals surface area contributed by atoms with Crippen molar-refractivity contribution in [3.8, 4) is 0 Å². The largest absolute Gasteiger partial charge is 0.362 e. The molecule has 0 saturated carbocycles. The Hall–Kier alpha value is -2.55. The van der Waals surface area contributed by atoms with Gasteiger partial charge in [0, 0.05) is 18.7 Å². The van der Waals surface area contributed by atoms with Crippen LogP contribution in [0.25, 0.3) is 0 Å². The van der Waals surface area contributed by atoms with E-state index in [4.69, 9.17) is 0 Å². The van der Waals surface area contributed by atoms with Crippen LogP contribution in [0.2, 0.25) is 0 Å². The Labute approximate surface area is 136 Å². The Morgan fingerprint density at radius 1 is 1.13 bits per heavy atom. The minimum absolute atomic E-state index is 0.0960. The van der Waals surface area contributed by atoms with Crippen molar-refractivity contribution in [2.45, 2.75) is 24.9 Å². The summed E-state index contributed by atoms with van der Waals surface area (Å²) >= 11 is 0. The molecule has 0 radical (unpaired) electrons. The fourth-order valence-corrected chi connectivity index (χ4v) is 3.88. The summed E-state index contributed by atoms with van der Waals surface area (Å²) in [6.07, 6.45) is 4.54. The molecule has 1 N–H and O–H groups in total. The van der Waals surface area contributed by atoms with E-state index in [-0.39, 0.29) is 11.6 Å². The highest BCUT2D eigenvalue weighted by molar-refractivity contribution is 6.02. The lowest BCUT2D eigenvalue weighted by Gasteiger charge is -2.50. The van der Waals surface area contributed by atoms with E-state index in [1.165, 1.54) is 11.1 Å². The van der Waals surface area contributed by atoms with Crippen LogP contribution in [-0.4, -0.2) is 23.0 Å². The summed E-state index contributed by atoms with van der Waals surface area (Å²) in [5, 5.41) is 3.68. The highest BCUT2D eigenvalue weighted by Crippen LogP contribution is 2.39. The van der Waals surface area contributed by atoms with Gasteiger partial charge in [0.15, 0.2) is 0 Å². The maximum Gasteiger partial charge on any atom is 0.258 e. The zero-order chi connectivity index (χ0) is 15.9. The van der Waals surface area contributed by atoms with E-state index in [1.54, 1.807) is 0 Å². The highest BCUT2D eigenvalue weighted by Gasteiger charge is 2.45. The monoisotopic (exact) mass is 304 g/mol. The van der Waals surface area contributed by atoms with E-state index in [0.717, 1.165) is 30.5 Å². The molecule has 4 rings (SSSR count). The van der Waals surface area contributed by atoms with Crippen LogP contribution in [0.3, 0.4) is 0 Å². The van der Waals surface area contributed by atoms with Crippen molar-refractivity contribution in [2.24, 2.45) is 0 Å². The Balaban J connectivity index is 1.81. The lowest BCUT2D eigenvalue weighted by atomic mass is 9.80. The van der Waals surface area contributed by atoms with Gasteiger partial charge in [0.05, 0.1) is 5.56 Å². The van der Waals surface area contributed by atoms with Crippen LogP contribution >= 0.6 is 0 Å². The number of fused-ring (bicyclic) bond motifs is 2. The molecule has 0 saturated heterocycles. The molecule has 0 unspecified atom stereocenters. The number of carbonyl (C=O) groups excluding carboxylic acids is 1. The Kier molecular flexibility index (Phi) is 3.22. The average molecular weight is 304 g/mol. The van der Waals surface area contributed by atoms with Crippen LogP contribution in [0, 0.1) is 0 Å². The molecule has 2 aromatic carbocycles. The lowest BCUT2D eigenvalue weighted by Crippen LogP contribution is -2.62. The summed E-state index contributed by atoms with van der Waals surface area (Å²) < 4.78 is 0. The molecule has 2 aromatic rings. The predicted molar refractivity (Wildman–Crippen MR) is 92.5 cm³/mol. The third-order valence-electron chi connectivity index (χ3n) is 5.01. The van der Waals surface area contributed by atoms with Gasteiger partial charge in [0.2, 0.25) is 0 Å². The summed E-state index contributed by atoms with van der Waals surface area (Å²) in [7, 11) is 0. The van der Waals surface area contributed by atoms with Gasteiger partial charge in [-0.05, 0) is 36.1 Å². The van der Waals surface area contributed by atoms with Gasteiger partial charge in [0.25, 0.3) is 5.91 Å². The second kappa shape index (κ2) is 5.27. The molecular weight excluding hydrogens is 284 g/mol. The first-order valence-electron chi connectivity index (χ1n) is 8.10. The molecule has 0 fully saturated rings. The van der Waals surface area contributed by atoms with Crippen molar-refractivity contribution in [1.29, 1.82) is 0 Å². The molecule has 1 atom stereocenters. The molecule has 23 heavy (non-hydrogen) atoms. The third kappa shape index (κ3) is 2.15. The number of anilines is 1. The van der Waals surface area contributed by atoms with Crippen LogP contribution in [-0.2, 0) is 12.8 Å². The minimum Gasteiger partial charge on any atom is -0.362 e. The Morgan fingerprint density at radius 3 is 2.70 bits per heavy atom. The van der Waals surface area contributed by atoms with Crippen LogP contribution in [0.4, 0.5) is 5.69 Å². The zero-order valence-electron chi connectivity index (χ0n) is 13.1. The van der Waals surface area contributed by atoms with Gasteiger partial charge < -0.3 is 10.2 Å². The van der Waals surface area contributed by atoms with Gasteiger partial charge in [-0.3, -0.25) is 4.79 Å². The maximum absolute atomic E-state index is 13.0. The molecule has 1 aliphatic carbocycles. The summed E-state index contributed by atoms with van der Waals surface area (Å²) in [6, 6.07) is 16.3. The van der Waals surface area contributed by atoms with Crippen molar-refractivity contribution < 1.29 is 4.79 Å². The van der Waals surface area contributed by atoms with Crippen LogP contribution in [0.15, 0.2) is 61.2 Å². The van der Waals surface area contributed by atoms with Crippen molar-refractivity contribution in [2.75, 3.05) is 11.9 Å². The molecule has 0 bridgehead atoms. The summed E-state index contributed by atoms with van der Waals surface area (Å²) in [6.45, 7) is 4.40. The number of para-hydroxylation sites is 1. The number of nitrogens with zero attached hydrogens (tertiary/aromatic N) is 1. The topological polar surface area (TPSA) is 32.3 Å². The maximum atomic E-state index is 13.0. The number of aryl methyl sites for hydroxylation is 1. The first-order valence-corrected chi connectivity index (χ1v) is 8.10. The van der Waals surface area contributed by atoms with Gasteiger partial charge in [-0.2, -0.15) is 0 Å². The number of benzene rings is 2. The third-order valence-corrected chi connectivity index (χ3v) is 5.01. The molecule has 1 spiro atoms. The van der Waals surface area contributed by atoms with Gasteiger partial charge >= 0.3 is 0 Å². The van der Waals surface area contributed by atoms with E-state index in [1.807, 2.05) is 35.2 Å². The average Bonchev–Trinajstić information content (AvgIpc) is 2.59. The first-order chi connectivity index (χ1) is 11.2. The van der Waals surface area contributed by atoms with Crippen molar-refractivity contribution in [1.82, 2.24) is 4.90 Å². The van der Waals surface area contributed by atoms with E-state index >= 15 is 0 Å². The molecule has 3 heteroatoms. The summed E-state index contributed by atoms with van der Waals surface area (Å²) in [5.74, 6) is 0.0960. The predicted octanol–water partition coefficient (Wildman–Crippen LogP) is 3.63. The van der Waals surface area contributed by atoms with Crippen LogP contribution in [0.5, 0.6) is 0 Å². The second-order valence-electron chi connectivity index (χ2n) is 6.35. The highest BCUT2D eigenvalue weighted by atomic mass is 16.2. The molecule has 1 heterocycles. The number of amides is 1.